The molecule has 1 aromatic carbocycles. The summed E-state index contributed by atoms with van der Waals surface area (Å²) in [5.74, 6) is -1.16. The second-order valence-corrected chi connectivity index (χ2v) is 4.97. The Morgan fingerprint density at radius 2 is 1.96 bits per heavy atom. The number of carboxylic acids is 1. The van der Waals surface area contributed by atoms with Crippen molar-refractivity contribution in [2.75, 3.05) is 0 Å². The Balaban J connectivity index is 2.47. The normalized spacial score (nSPS) is 9.70. The van der Waals surface area contributed by atoms with E-state index in [9.17, 15) is 9.90 Å². The van der Waals surface area contributed by atoms with Crippen molar-refractivity contribution in [3.05, 3.63) is 47.2 Å². The largest absolute Gasteiger partial charge is 0.550 e. The molecule has 114 valence electrons. The molecule has 0 saturated carbocycles. The van der Waals surface area contributed by atoms with E-state index in [1.54, 1.807) is 18.3 Å². The van der Waals surface area contributed by atoms with Gasteiger partial charge in [-0.05, 0) is 13.0 Å². The lowest BCUT2D eigenvalue weighted by atomic mass is 10.1. The van der Waals surface area contributed by atoms with Crippen molar-refractivity contribution in [2.45, 2.75) is 19.9 Å². The number of aromatic nitrogens is 2. The molecule has 0 saturated heterocycles. The molecule has 1 aromatic heterocycles. The maximum absolute atomic E-state index is 10.6. The number of nitrogens with zero attached hydrogens (tertiary/aromatic N) is 4. The van der Waals surface area contributed by atoms with Crippen LogP contribution < -0.4 is 5.11 Å². The summed E-state index contributed by atoms with van der Waals surface area (Å²) in [6.07, 6.45) is 2.89. The maximum Gasteiger partial charge on any atom is 0.130 e. The third-order valence-electron chi connectivity index (χ3n) is 3.20. The number of rotatable bonds is 5. The molecule has 23 heavy (non-hydrogen) atoms. The number of aliphatic carboxylic acids is 1. The fourth-order valence-corrected chi connectivity index (χ4v) is 2.04. The third-order valence-corrected chi connectivity index (χ3v) is 3.20. The first-order valence-corrected chi connectivity index (χ1v) is 6.89. The van der Waals surface area contributed by atoms with Crippen LogP contribution >= 0.6 is 0 Å². The van der Waals surface area contributed by atoms with Crippen LogP contribution in [-0.2, 0) is 11.3 Å². The number of hydrogen-bond acceptors (Lipinski definition) is 5. The smallest absolute Gasteiger partial charge is 0.130 e. The Morgan fingerprint density at radius 1 is 1.30 bits per heavy atom. The molecule has 0 radical (unpaired) electrons. The predicted molar refractivity (Wildman–Crippen MR) is 81.2 cm³/mol. The SMILES string of the molecule is Cc1ccc(-c2nn(CCC(=O)[O-])cc2C=C(C#N)C#N)cc1. The quantitative estimate of drug-likeness (QED) is 0.777. The number of nitriles is 2. The van der Waals surface area contributed by atoms with E-state index < -0.39 is 5.97 Å². The van der Waals surface area contributed by atoms with Crippen LogP contribution in [0.2, 0.25) is 0 Å². The second-order valence-electron chi connectivity index (χ2n) is 4.97. The highest BCUT2D eigenvalue weighted by atomic mass is 16.4. The van der Waals surface area contributed by atoms with Gasteiger partial charge in [-0.3, -0.25) is 4.68 Å². The van der Waals surface area contributed by atoms with Crippen LogP contribution in [0.15, 0.2) is 36.0 Å². The number of allylic oxidation sites excluding steroid dienone is 1. The van der Waals surface area contributed by atoms with Crippen LogP contribution in [0.25, 0.3) is 17.3 Å². The van der Waals surface area contributed by atoms with E-state index >= 15 is 0 Å². The predicted octanol–water partition coefficient (Wildman–Crippen LogP) is 1.43. The molecule has 1 heterocycles. The van der Waals surface area contributed by atoms with Crippen molar-refractivity contribution in [1.29, 1.82) is 10.5 Å². The van der Waals surface area contributed by atoms with Gasteiger partial charge < -0.3 is 9.90 Å². The summed E-state index contributed by atoms with van der Waals surface area (Å²) in [5, 5.41) is 32.8. The van der Waals surface area contributed by atoms with Gasteiger partial charge in [-0.1, -0.05) is 29.8 Å². The van der Waals surface area contributed by atoms with Gasteiger partial charge >= 0.3 is 0 Å². The Bertz CT molecular complexity index is 817. The molecule has 6 nitrogen and oxygen atoms in total. The van der Waals surface area contributed by atoms with E-state index in [1.165, 1.54) is 10.8 Å². The summed E-state index contributed by atoms with van der Waals surface area (Å²) in [5.41, 5.74) is 3.05. The molecule has 0 aliphatic heterocycles. The second kappa shape index (κ2) is 7.06. The molecule has 0 atom stereocenters. The van der Waals surface area contributed by atoms with Gasteiger partial charge in [-0.2, -0.15) is 15.6 Å². The molecule has 0 aliphatic carbocycles. The molecule has 0 unspecified atom stereocenters. The minimum absolute atomic E-state index is 0.0437. The number of benzene rings is 1. The van der Waals surface area contributed by atoms with Crippen molar-refractivity contribution in [3.63, 3.8) is 0 Å². The van der Waals surface area contributed by atoms with Gasteiger partial charge in [0.05, 0.1) is 5.69 Å². The lowest BCUT2D eigenvalue weighted by Gasteiger charge is -2.02. The Kier molecular flexibility index (Phi) is 4.91. The molecule has 0 spiro atoms. The lowest BCUT2D eigenvalue weighted by molar-refractivity contribution is -0.306. The summed E-state index contributed by atoms with van der Waals surface area (Å²) >= 11 is 0. The summed E-state index contributed by atoms with van der Waals surface area (Å²) in [4.78, 5) is 10.6. The van der Waals surface area contributed by atoms with Crippen molar-refractivity contribution < 1.29 is 9.90 Å². The molecule has 6 heteroatoms. The average molecular weight is 305 g/mol. The zero-order chi connectivity index (χ0) is 16.8. The molecule has 0 aliphatic rings. The van der Waals surface area contributed by atoms with Gasteiger partial charge in [-0.15, -0.1) is 0 Å². The van der Waals surface area contributed by atoms with Gasteiger partial charge in [0.1, 0.15) is 17.7 Å². The maximum atomic E-state index is 10.6. The topological polar surface area (TPSA) is 106 Å². The number of carbonyl (C=O) groups is 1. The molecular weight excluding hydrogens is 292 g/mol. The van der Waals surface area contributed by atoms with Crippen LogP contribution in [0.1, 0.15) is 17.5 Å². The number of carbonyl (C=O) groups excluding carboxylic acids is 1. The van der Waals surface area contributed by atoms with Crippen molar-refractivity contribution in [1.82, 2.24) is 9.78 Å². The van der Waals surface area contributed by atoms with Crippen molar-refractivity contribution in [3.8, 4) is 23.4 Å². The molecule has 0 bridgehead atoms. The van der Waals surface area contributed by atoms with Gasteiger partial charge in [0, 0.05) is 36.3 Å². The average Bonchev–Trinajstić information content (AvgIpc) is 2.94. The molecule has 2 rings (SSSR count). The van der Waals surface area contributed by atoms with Crippen LogP contribution in [0, 0.1) is 29.6 Å². The minimum atomic E-state index is -1.16. The van der Waals surface area contributed by atoms with Gasteiger partial charge in [0.2, 0.25) is 0 Å². The summed E-state index contributed by atoms with van der Waals surface area (Å²) in [6.45, 7) is 2.12. The molecular formula is C17H13N4O2-. The molecule has 0 N–H and O–H groups in total. The molecule has 0 amide bonds. The standard InChI is InChI=1S/C17H14N4O2/c1-12-2-4-14(5-3-12)17-15(8-13(9-18)10-19)11-21(20-17)7-6-16(22)23/h2-5,8,11H,6-7H2,1H3,(H,22,23)/p-1. The minimum Gasteiger partial charge on any atom is -0.550 e. The number of aryl methyl sites for hydroxylation is 2. The van der Waals surface area contributed by atoms with E-state index in [0.717, 1.165) is 11.1 Å². The van der Waals surface area contributed by atoms with E-state index in [1.807, 2.05) is 31.2 Å². The highest BCUT2D eigenvalue weighted by Gasteiger charge is 2.11. The Labute approximate surface area is 133 Å². The van der Waals surface area contributed by atoms with Crippen LogP contribution in [0.4, 0.5) is 0 Å². The van der Waals surface area contributed by atoms with E-state index in [-0.39, 0.29) is 18.5 Å². The first-order chi connectivity index (χ1) is 11.0. The third kappa shape index (κ3) is 4.05. The number of carboxylic acid groups (broad SMARTS) is 1. The Morgan fingerprint density at radius 3 is 2.52 bits per heavy atom. The fourth-order valence-electron chi connectivity index (χ4n) is 2.04. The highest BCUT2D eigenvalue weighted by Crippen LogP contribution is 2.24. The monoisotopic (exact) mass is 305 g/mol. The zero-order valence-corrected chi connectivity index (χ0v) is 12.5. The van der Waals surface area contributed by atoms with Crippen LogP contribution in [0.3, 0.4) is 0 Å². The zero-order valence-electron chi connectivity index (χ0n) is 12.5. The van der Waals surface area contributed by atoms with Gasteiger partial charge in [0.15, 0.2) is 0 Å². The van der Waals surface area contributed by atoms with Crippen molar-refractivity contribution >= 4 is 12.0 Å². The van der Waals surface area contributed by atoms with Crippen LogP contribution in [-0.4, -0.2) is 15.7 Å². The van der Waals surface area contributed by atoms with Crippen LogP contribution in [0.5, 0.6) is 0 Å². The fraction of sp³-hybridized carbons (Fsp3) is 0.176. The Hall–Kier alpha value is -3.38. The highest BCUT2D eigenvalue weighted by molar-refractivity contribution is 5.75. The van der Waals surface area contributed by atoms with E-state index in [4.69, 9.17) is 10.5 Å². The van der Waals surface area contributed by atoms with Gasteiger partial charge in [0.25, 0.3) is 0 Å². The van der Waals surface area contributed by atoms with Gasteiger partial charge in [-0.25, -0.2) is 0 Å². The summed E-state index contributed by atoms with van der Waals surface area (Å²) in [7, 11) is 0. The van der Waals surface area contributed by atoms with Crippen molar-refractivity contribution in [2.24, 2.45) is 0 Å². The first-order valence-electron chi connectivity index (χ1n) is 6.89. The number of hydrogen-bond donors (Lipinski definition) is 0. The van der Waals surface area contributed by atoms with E-state index in [2.05, 4.69) is 5.10 Å². The summed E-state index contributed by atoms with van der Waals surface area (Å²) in [6, 6.07) is 11.2. The lowest BCUT2D eigenvalue weighted by Crippen LogP contribution is -2.23. The molecule has 0 fully saturated rings. The molecule has 2 aromatic rings. The first kappa shape index (κ1) is 16.0. The van der Waals surface area contributed by atoms with E-state index in [0.29, 0.717) is 11.3 Å². The summed E-state index contributed by atoms with van der Waals surface area (Å²) < 4.78 is 1.48.